The largest absolute Gasteiger partial charge is 0.496 e. The third-order valence-corrected chi connectivity index (χ3v) is 6.28. The van der Waals surface area contributed by atoms with Crippen LogP contribution < -0.4 is 15.0 Å². The zero-order valence-electron chi connectivity index (χ0n) is 22.7. The summed E-state index contributed by atoms with van der Waals surface area (Å²) in [5, 5.41) is 16.2. The Morgan fingerprint density at radius 2 is 1.88 bits per heavy atom. The number of benzene rings is 3. The minimum atomic E-state index is -0.630. The van der Waals surface area contributed by atoms with Crippen LogP contribution in [0.5, 0.6) is 11.5 Å². The first kappa shape index (κ1) is 28.0. The summed E-state index contributed by atoms with van der Waals surface area (Å²) in [6.07, 6.45) is 1.27. The smallest absolute Gasteiger partial charge is 0.343 e. The number of nitro benzene ring substituents is 1. The molecule has 0 bridgehead atoms. The molecule has 1 heterocycles. The molecule has 0 N–H and O–H groups in total. The summed E-state index contributed by atoms with van der Waals surface area (Å²) in [5.41, 5.74) is 2.43. The Labute approximate surface area is 229 Å². The van der Waals surface area contributed by atoms with Crippen LogP contribution in [0, 0.1) is 17.0 Å². The molecule has 11 heteroatoms. The maximum atomic E-state index is 13.7. The maximum absolute atomic E-state index is 13.7. The zero-order chi connectivity index (χ0) is 29.0. The fourth-order valence-corrected chi connectivity index (χ4v) is 4.17. The van der Waals surface area contributed by atoms with Crippen molar-refractivity contribution in [2.24, 2.45) is 5.10 Å². The number of rotatable bonds is 9. The second-order valence-corrected chi connectivity index (χ2v) is 9.22. The van der Waals surface area contributed by atoms with Gasteiger partial charge in [0, 0.05) is 23.3 Å². The van der Waals surface area contributed by atoms with Crippen molar-refractivity contribution in [2.75, 3.05) is 20.8 Å². The summed E-state index contributed by atoms with van der Waals surface area (Å²) >= 11 is 0. The van der Waals surface area contributed by atoms with Crippen molar-refractivity contribution in [2.45, 2.75) is 26.7 Å². The summed E-state index contributed by atoms with van der Waals surface area (Å²) < 4.78 is 16.9. The summed E-state index contributed by atoms with van der Waals surface area (Å²) in [6, 6.07) is 14.6. The van der Waals surface area contributed by atoms with Crippen molar-refractivity contribution in [1.29, 1.82) is 0 Å². The molecular weight excluding hydrogens is 516 g/mol. The Balaban J connectivity index is 1.94. The molecule has 0 unspecified atom stereocenters. The number of esters is 1. The Morgan fingerprint density at radius 1 is 1.12 bits per heavy atom. The number of hydrogen-bond acceptors (Lipinski definition) is 9. The van der Waals surface area contributed by atoms with Gasteiger partial charge in [-0.15, -0.1) is 0 Å². The highest BCUT2D eigenvalue weighted by Crippen LogP contribution is 2.34. The van der Waals surface area contributed by atoms with Gasteiger partial charge >= 0.3 is 5.97 Å². The van der Waals surface area contributed by atoms with Gasteiger partial charge in [0.05, 0.1) is 36.3 Å². The average Bonchev–Trinajstić information content (AvgIpc) is 2.95. The summed E-state index contributed by atoms with van der Waals surface area (Å²) in [4.78, 5) is 41.0. The highest BCUT2D eigenvalue weighted by Gasteiger charge is 2.19. The SMILES string of the molecule is COC(=O)COc1ccc([N+](=O)[O-])cc1C=Nn1c(-c2cc(C(C)C)c(OC)cc2C)nc2ccccc2c1=O. The molecule has 0 fully saturated rings. The monoisotopic (exact) mass is 544 g/mol. The van der Waals surface area contributed by atoms with Gasteiger partial charge in [-0.25, -0.2) is 9.78 Å². The quantitative estimate of drug-likeness (QED) is 0.126. The van der Waals surface area contributed by atoms with Crippen LogP contribution in [0.4, 0.5) is 5.69 Å². The molecule has 0 saturated heterocycles. The Morgan fingerprint density at radius 3 is 2.55 bits per heavy atom. The lowest BCUT2D eigenvalue weighted by Gasteiger charge is -2.17. The van der Waals surface area contributed by atoms with E-state index in [0.29, 0.717) is 16.5 Å². The van der Waals surface area contributed by atoms with Crippen LogP contribution in [-0.2, 0) is 9.53 Å². The van der Waals surface area contributed by atoms with Crippen LogP contribution in [0.3, 0.4) is 0 Å². The number of aromatic nitrogens is 2. The third kappa shape index (κ3) is 5.68. The number of carbonyl (C=O) groups is 1. The normalized spacial score (nSPS) is 11.2. The van der Waals surface area contributed by atoms with Gasteiger partial charge in [-0.05, 0) is 54.3 Å². The zero-order valence-corrected chi connectivity index (χ0v) is 22.7. The van der Waals surface area contributed by atoms with E-state index >= 15 is 0 Å². The molecule has 0 aliphatic heterocycles. The van der Waals surface area contributed by atoms with Crippen molar-refractivity contribution in [3.8, 4) is 22.9 Å². The average molecular weight is 545 g/mol. The molecule has 0 atom stereocenters. The predicted octanol–water partition coefficient (Wildman–Crippen LogP) is 4.85. The lowest BCUT2D eigenvalue weighted by atomic mass is 9.96. The number of nitro groups is 1. The molecular formula is C29H28N4O7. The number of hydrogen-bond donors (Lipinski definition) is 0. The molecule has 0 aliphatic rings. The molecule has 0 radical (unpaired) electrons. The third-order valence-electron chi connectivity index (χ3n) is 6.28. The van der Waals surface area contributed by atoms with E-state index in [1.54, 1.807) is 31.4 Å². The van der Waals surface area contributed by atoms with E-state index in [9.17, 15) is 19.7 Å². The van der Waals surface area contributed by atoms with E-state index in [-0.39, 0.29) is 28.7 Å². The van der Waals surface area contributed by atoms with E-state index in [1.807, 2.05) is 32.9 Å². The number of fused-ring (bicyclic) bond motifs is 1. The summed E-state index contributed by atoms with van der Waals surface area (Å²) in [6.45, 7) is 5.54. The second-order valence-electron chi connectivity index (χ2n) is 9.22. The Hall–Kier alpha value is -5.06. The first-order valence-electron chi connectivity index (χ1n) is 12.4. The number of aryl methyl sites for hydroxylation is 1. The van der Waals surface area contributed by atoms with Crippen molar-refractivity contribution >= 4 is 28.8 Å². The Bertz CT molecular complexity index is 1690. The number of carbonyl (C=O) groups excluding carboxylic acids is 1. The number of nitrogens with zero attached hydrogens (tertiary/aromatic N) is 4. The van der Waals surface area contributed by atoms with Crippen LogP contribution in [0.1, 0.15) is 36.5 Å². The van der Waals surface area contributed by atoms with Crippen LogP contribution >= 0.6 is 0 Å². The minimum Gasteiger partial charge on any atom is -0.496 e. The molecule has 0 aliphatic carbocycles. The van der Waals surface area contributed by atoms with E-state index < -0.39 is 23.1 Å². The van der Waals surface area contributed by atoms with E-state index in [2.05, 4.69) is 9.84 Å². The maximum Gasteiger partial charge on any atom is 0.343 e. The molecule has 1 aromatic heterocycles. The van der Waals surface area contributed by atoms with E-state index in [4.69, 9.17) is 14.5 Å². The molecule has 0 amide bonds. The van der Waals surface area contributed by atoms with Gasteiger partial charge in [0.2, 0.25) is 0 Å². The fourth-order valence-electron chi connectivity index (χ4n) is 4.17. The number of methoxy groups -OCH3 is 2. The van der Waals surface area contributed by atoms with Crippen LogP contribution in [0.2, 0.25) is 0 Å². The predicted molar refractivity (Wildman–Crippen MR) is 150 cm³/mol. The van der Waals surface area contributed by atoms with Gasteiger partial charge in [-0.1, -0.05) is 26.0 Å². The molecule has 40 heavy (non-hydrogen) atoms. The highest BCUT2D eigenvalue weighted by atomic mass is 16.6. The van der Waals surface area contributed by atoms with Gasteiger partial charge in [0.1, 0.15) is 11.5 Å². The lowest BCUT2D eigenvalue weighted by molar-refractivity contribution is -0.384. The molecule has 0 saturated carbocycles. The molecule has 206 valence electrons. The number of ether oxygens (including phenoxy) is 3. The molecule has 11 nitrogen and oxygen atoms in total. The topological polar surface area (TPSA) is 135 Å². The minimum absolute atomic E-state index is 0.123. The lowest BCUT2D eigenvalue weighted by Crippen LogP contribution is -2.21. The van der Waals surface area contributed by atoms with Gasteiger partial charge in [0.25, 0.3) is 11.2 Å². The summed E-state index contributed by atoms with van der Waals surface area (Å²) in [7, 11) is 2.82. The molecule has 0 spiro atoms. The van der Waals surface area contributed by atoms with Crippen molar-refractivity contribution in [3.05, 3.63) is 91.8 Å². The molecule has 3 aromatic carbocycles. The summed E-state index contributed by atoms with van der Waals surface area (Å²) in [5.74, 6) is 0.640. The van der Waals surface area contributed by atoms with Gasteiger partial charge < -0.3 is 14.2 Å². The standard InChI is InChI=1S/C29H28N4O7/c1-17(2)22-14-23(18(3)12-26(22)38-4)28-31-24-9-7-6-8-21(24)29(35)32(28)30-15-19-13-20(33(36)37)10-11-25(19)40-16-27(34)39-5/h6-15,17H,16H2,1-5H3. The first-order valence-corrected chi connectivity index (χ1v) is 12.4. The van der Waals surface area contributed by atoms with Crippen LogP contribution in [0.15, 0.2) is 64.5 Å². The number of para-hydroxylation sites is 1. The highest BCUT2D eigenvalue weighted by molar-refractivity contribution is 5.86. The first-order chi connectivity index (χ1) is 19.1. The fraction of sp³-hybridized carbons (Fsp3) is 0.241. The van der Waals surface area contributed by atoms with E-state index in [1.165, 1.54) is 31.5 Å². The second kappa shape index (κ2) is 11.8. The van der Waals surface area contributed by atoms with E-state index in [0.717, 1.165) is 21.6 Å². The van der Waals surface area contributed by atoms with Gasteiger partial charge in [-0.3, -0.25) is 14.9 Å². The van der Waals surface area contributed by atoms with Gasteiger partial charge in [0.15, 0.2) is 12.4 Å². The van der Waals surface area contributed by atoms with Crippen LogP contribution in [-0.4, -0.2) is 47.6 Å². The Kier molecular flexibility index (Phi) is 8.23. The number of non-ortho nitro benzene ring substituents is 1. The molecule has 4 aromatic rings. The van der Waals surface area contributed by atoms with Gasteiger partial charge in [-0.2, -0.15) is 9.78 Å². The van der Waals surface area contributed by atoms with Crippen molar-refractivity contribution < 1.29 is 23.9 Å². The van der Waals surface area contributed by atoms with Crippen LogP contribution in [0.25, 0.3) is 22.3 Å². The van der Waals surface area contributed by atoms with Crippen molar-refractivity contribution in [1.82, 2.24) is 9.66 Å². The molecule has 4 rings (SSSR count). The van der Waals surface area contributed by atoms with Crippen molar-refractivity contribution in [3.63, 3.8) is 0 Å².